The van der Waals surface area contributed by atoms with E-state index >= 15 is 0 Å². The number of halogens is 1. The maximum Gasteiger partial charge on any atom is 0.338 e. The van der Waals surface area contributed by atoms with Gasteiger partial charge in [-0.3, -0.25) is 9.79 Å². The Hall–Kier alpha value is -3.07. The van der Waals surface area contributed by atoms with Gasteiger partial charge in [-0.2, -0.15) is 0 Å². The number of nitrogens with zero attached hydrogens (tertiary/aromatic N) is 2. The fourth-order valence-electron chi connectivity index (χ4n) is 9.52. The predicted octanol–water partition coefficient (Wildman–Crippen LogP) is 3.41. The fraction of sp³-hybridized carbons (Fsp3) is 0.481. The number of benzene rings is 1. The number of carbonyl (C=O) groups is 2. The molecule has 6 saturated carbocycles. The lowest BCUT2D eigenvalue weighted by Gasteiger charge is -3.10. The molecule has 7 aliphatic rings. The molecule has 1 N–H and O–H groups in total. The number of rotatable bonds is 6. The lowest BCUT2D eigenvalue weighted by Crippen LogP contribution is -3.11. The number of hydrogen-bond acceptors (Lipinski definition) is 8. The minimum absolute atomic E-state index is 0.0611. The van der Waals surface area contributed by atoms with Crippen LogP contribution in [0.1, 0.15) is 29.1 Å². The maximum absolute atomic E-state index is 14.7. The van der Waals surface area contributed by atoms with Gasteiger partial charge in [-0.15, -0.1) is 11.3 Å². The van der Waals surface area contributed by atoms with E-state index in [4.69, 9.17) is 14.5 Å². The van der Waals surface area contributed by atoms with Crippen LogP contribution in [0.25, 0.3) is 0 Å². The van der Waals surface area contributed by atoms with Crippen molar-refractivity contribution in [2.45, 2.75) is 19.9 Å². The molecule has 6 fully saturated rings. The first-order valence-electron chi connectivity index (χ1n) is 12.4. The van der Waals surface area contributed by atoms with Gasteiger partial charge in [0.05, 0.1) is 24.7 Å². The molecule has 184 valence electrons. The SMILES string of the molecule is CCOC(=O)C1=C(C23C4C5C2C2C3C4C52C(=O)OC)NC(c2nccs2)=N[C@@H]1c1cccc(F)c1C. The van der Waals surface area contributed by atoms with Crippen LogP contribution in [0.3, 0.4) is 0 Å². The molecule has 1 aromatic carbocycles. The Kier molecular flexibility index (Phi) is 3.76. The monoisotopic (exact) mass is 505 g/mol. The summed E-state index contributed by atoms with van der Waals surface area (Å²) in [6, 6.07) is 4.21. The summed E-state index contributed by atoms with van der Waals surface area (Å²) in [5.41, 5.74) is 1.99. The van der Waals surface area contributed by atoms with Gasteiger partial charge in [0.2, 0.25) is 0 Å². The van der Waals surface area contributed by atoms with Crippen LogP contribution >= 0.6 is 11.3 Å². The Labute approximate surface area is 210 Å². The molecule has 36 heavy (non-hydrogen) atoms. The number of amidine groups is 1. The first-order valence-corrected chi connectivity index (χ1v) is 13.3. The lowest BCUT2D eigenvalue weighted by molar-refractivity contribution is -0.633. The molecule has 0 saturated heterocycles. The summed E-state index contributed by atoms with van der Waals surface area (Å²) >= 11 is 1.46. The third-order valence-electron chi connectivity index (χ3n) is 10.4. The molecule has 7 nitrogen and oxygen atoms in total. The van der Waals surface area contributed by atoms with E-state index in [1.165, 1.54) is 24.5 Å². The summed E-state index contributed by atoms with van der Waals surface area (Å²) in [6.07, 6.45) is 1.72. The van der Waals surface area contributed by atoms with E-state index in [2.05, 4.69) is 10.3 Å². The minimum Gasteiger partial charge on any atom is -0.469 e. The van der Waals surface area contributed by atoms with Gasteiger partial charge in [0.15, 0.2) is 10.8 Å². The fourth-order valence-corrected chi connectivity index (χ4v) is 10.1. The van der Waals surface area contributed by atoms with Gasteiger partial charge in [0.1, 0.15) is 11.9 Å². The number of aliphatic imine (C=N–C) groups is 1. The molecule has 0 radical (unpaired) electrons. The zero-order chi connectivity index (χ0) is 24.7. The average molecular weight is 506 g/mol. The van der Waals surface area contributed by atoms with E-state index < -0.39 is 12.0 Å². The van der Waals surface area contributed by atoms with Crippen molar-refractivity contribution in [3.63, 3.8) is 0 Å². The van der Waals surface area contributed by atoms with Crippen molar-refractivity contribution in [1.29, 1.82) is 0 Å². The van der Waals surface area contributed by atoms with Gasteiger partial charge in [-0.25, -0.2) is 14.2 Å². The number of thiazole rings is 1. The van der Waals surface area contributed by atoms with E-state index in [0.717, 1.165) is 10.7 Å². The zero-order valence-electron chi connectivity index (χ0n) is 19.9. The number of aromatic nitrogens is 1. The second kappa shape index (κ2) is 6.43. The highest BCUT2D eigenvalue weighted by Crippen LogP contribution is 3.11. The van der Waals surface area contributed by atoms with E-state index in [0.29, 0.717) is 58.0 Å². The van der Waals surface area contributed by atoms with Gasteiger partial charge >= 0.3 is 11.9 Å². The van der Waals surface area contributed by atoms with E-state index in [1.54, 1.807) is 26.1 Å². The smallest absolute Gasteiger partial charge is 0.338 e. The Balaban J connectivity index is 1.29. The third-order valence-corrected chi connectivity index (χ3v) is 11.2. The summed E-state index contributed by atoms with van der Waals surface area (Å²) in [4.78, 5) is 35.6. The van der Waals surface area contributed by atoms with Crippen LogP contribution in [0.2, 0.25) is 0 Å². The number of esters is 2. The molecular formula is C27H24FN3O4S. The van der Waals surface area contributed by atoms with Crippen LogP contribution in [0.4, 0.5) is 4.39 Å². The number of nitrogens with one attached hydrogen (secondary N) is 1. The number of ether oxygens (including phenoxy) is 2. The summed E-state index contributed by atoms with van der Waals surface area (Å²) in [5, 5.41) is 6.14. The van der Waals surface area contributed by atoms with Crippen molar-refractivity contribution in [2.75, 3.05) is 13.7 Å². The number of allylic oxidation sites excluding steroid dienone is 1. The van der Waals surface area contributed by atoms with Crippen molar-refractivity contribution in [2.24, 2.45) is 51.3 Å². The van der Waals surface area contributed by atoms with Gasteiger partial charge in [0, 0.05) is 22.7 Å². The molecule has 0 bridgehead atoms. The highest BCUT2D eigenvalue weighted by Gasteiger charge is 3.12. The molecule has 0 amide bonds. The Bertz CT molecular complexity index is 1390. The van der Waals surface area contributed by atoms with E-state index in [-0.39, 0.29) is 29.2 Å². The van der Waals surface area contributed by atoms with Gasteiger partial charge in [0.25, 0.3) is 0 Å². The van der Waals surface area contributed by atoms with Crippen LogP contribution in [0.15, 0.2) is 46.0 Å². The Morgan fingerprint density at radius 1 is 1.17 bits per heavy atom. The van der Waals surface area contributed by atoms with Crippen LogP contribution in [0, 0.1) is 59.1 Å². The van der Waals surface area contributed by atoms with Crippen LogP contribution < -0.4 is 5.32 Å². The van der Waals surface area contributed by atoms with Crippen molar-refractivity contribution in [3.05, 3.63) is 63.0 Å². The third kappa shape index (κ3) is 1.83. The zero-order valence-corrected chi connectivity index (χ0v) is 20.8. The summed E-state index contributed by atoms with van der Waals surface area (Å²) in [6.45, 7) is 3.74. The predicted molar refractivity (Wildman–Crippen MR) is 127 cm³/mol. The van der Waals surface area contributed by atoms with E-state index in [9.17, 15) is 14.0 Å². The largest absolute Gasteiger partial charge is 0.469 e. The van der Waals surface area contributed by atoms with Crippen molar-refractivity contribution in [3.8, 4) is 0 Å². The quantitative estimate of drug-likeness (QED) is 0.606. The molecule has 0 spiro atoms. The Morgan fingerprint density at radius 2 is 1.89 bits per heavy atom. The number of methoxy groups -OCH3 is 1. The van der Waals surface area contributed by atoms with Crippen molar-refractivity contribution < 1.29 is 23.5 Å². The van der Waals surface area contributed by atoms with Gasteiger partial charge in [-0.05, 0) is 66.5 Å². The molecule has 6 aliphatic carbocycles. The first kappa shape index (κ1) is 21.1. The van der Waals surface area contributed by atoms with Crippen LogP contribution in [-0.2, 0) is 19.1 Å². The minimum atomic E-state index is -0.704. The topological polar surface area (TPSA) is 89.9 Å². The molecule has 9 heteroatoms. The van der Waals surface area contributed by atoms with Gasteiger partial charge in [-0.1, -0.05) is 12.1 Å². The molecule has 2 heterocycles. The van der Waals surface area contributed by atoms with Crippen molar-refractivity contribution in [1.82, 2.24) is 10.3 Å². The maximum atomic E-state index is 14.7. The molecule has 2 aromatic rings. The van der Waals surface area contributed by atoms with Crippen molar-refractivity contribution >= 4 is 29.1 Å². The number of hydrogen-bond donors (Lipinski definition) is 1. The first-order chi connectivity index (χ1) is 17.4. The summed E-state index contributed by atoms with van der Waals surface area (Å²) in [5.74, 6) is 1.84. The molecule has 1 atom stereocenters. The second-order valence-corrected chi connectivity index (χ2v) is 11.7. The van der Waals surface area contributed by atoms with Crippen LogP contribution in [-0.4, -0.2) is 36.5 Å². The van der Waals surface area contributed by atoms with Gasteiger partial charge < -0.3 is 14.8 Å². The number of carbonyl (C=O) groups excluding carboxylic acids is 2. The van der Waals surface area contributed by atoms with Crippen LogP contribution in [0.5, 0.6) is 0 Å². The normalized spacial score (nSPS) is 41.3. The second-order valence-electron chi connectivity index (χ2n) is 10.8. The molecular weight excluding hydrogens is 481 g/mol. The van der Waals surface area contributed by atoms with E-state index in [1.807, 2.05) is 11.4 Å². The molecule has 9 rings (SSSR count). The summed E-state index contributed by atoms with van der Waals surface area (Å²) in [7, 11) is 1.48. The summed E-state index contributed by atoms with van der Waals surface area (Å²) < 4.78 is 25.5. The average Bonchev–Trinajstić information content (AvgIpc) is 3.44. The highest BCUT2D eigenvalue weighted by atomic mass is 32.1. The molecule has 1 aromatic heterocycles. The highest BCUT2D eigenvalue weighted by molar-refractivity contribution is 7.11. The Morgan fingerprint density at radius 3 is 2.50 bits per heavy atom. The lowest BCUT2D eigenvalue weighted by atomic mass is 8.92. The standard InChI is InChI=1S/C27H24FN3O4S/c1-4-35-24(32)13-20(11-6-5-7-12(28)10(11)2)30-22(23-29-8-9-36-23)31-21(13)26-14-17-15(26)19-16(26)18(14)27(17,19)25(33)34-3/h5-9,14-20H,4H2,1-3H3,(H,30,31)/t14?,15?,16?,17?,18?,19?,20-,26?,27?/m1/s1. The molecule has 0 unspecified atom stereocenters. The molecule has 1 aliphatic heterocycles.